The fraction of sp³-hybridized carbons (Fsp3) is 0.462. The van der Waals surface area contributed by atoms with E-state index in [4.69, 9.17) is 4.74 Å². The lowest BCUT2D eigenvalue weighted by molar-refractivity contribution is -0.121. The van der Waals surface area contributed by atoms with Gasteiger partial charge in [-0.1, -0.05) is 12.1 Å². The first-order valence-electron chi connectivity index (χ1n) is 5.96. The predicted molar refractivity (Wildman–Crippen MR) is 75.3 cm³/mol. The van der Waals surface area contributed by atoms with E-state index in [2.05, 4.69) is 10.6 Å². The topological polar surface area (TPSA) is 50.4 Å². The molecular formula is C13H20ClFN2O2. The smallest absolute Gasteiger partial charge is 0.221 e. The minimum Gasteiger partial charge on any atom is -0.486 e. The second-order valence-corrected chi connectivity index (χ2v) is 4.02. The fourth-order valence-corrected chi connectivity index (χ4v) is 1.38. The highest BCUT2D eigenvalue weighted by atomic mass is 35.5. The SMILES string of the molecule is CNCCC(=O)NCC(C)Oc1ccccc1F.Cl. The van der Waals surface area contributed by atoms with Gasteiger partial charge in [-0.3, -0.25) is 4.79 Å². The molecule has 1 atom stereocenters. The molecule has 0 spiro atoms. The first-order valence-corrected chi connectivity index (χ1v) is 5.96. The molecule has 0 saturated heterocycles. The largest absolute Gasteiger partial charge is 0.486 e. The van der Waals surface area contributed by atoms with Crippen LogP contribution >= 0.6 is 12.4 Å². The van der Waals surface area contributed by atoms with Crippen molar-refractivity contribution in [1.29, 1.82) is 0 Å². The quantitative estimate of drug-likeness (QED) is 0.804. The monoisotopic (exact) mass is 290 g/mol. The van der Waals surface area contributed by atoms with Crippen LogP contribution in [0.2, 0.25) is 0 Å². The zero-order chi connectivity index (χ0) is 13.4. The van der Waals surface area contributed by atoms with Gasteiger partial charge in [0.2, 0.25) is 5.91 Å². The van der Waals surface area contributed by atoms with Crippen molar-refractivity contribution in [3.05, 3.63) is 30.1 Å². The number of ether oxygens (including phenoxy) is 1. The number of carbonyl (C=O) groups excluding carboxylic acids is 1. The number of benzene rings is 1. The Morgan fingerprint density at radius 1 is 1.42 bits per heavy atom. The number of rotatable bonds is 7. The van der Waals surface area contributed by atoms with Crippen LogP contribution in [0.3, 0.4) is 0 Å². The van der Waals surface area contributed by atoms with E-state index in [9.17, 15) is 9.18 Å². The first-order chi connectivity index (χ1) is 8.63. The van der Waals surface area contributed by atoms with Crippen LogP contribution in [0, 0.1) is 5.82 Å². The summed E-state index contributed by atoms with van der Waals surface area (Å²) in [6.07, 6.45) is 0.142. The van der Waals surface area contributed by atoms with E-state index in [0.717, 1.165) is 0 Å². The van der Waals surface area contributed by atoms with E-state index in [1.165, 1.54) is 6.07 Å². The summed E-state index contributed by atoms with van der Waals surface area (Å²) >= 11 is 0. The van der Waals surface area contributed by atoms with Gasteiger partial charge in [-0.2, -0.15) is 0 Å². The number of carbonyl (C=O) groups is 1. The lowest BCUT2D eigenvalue weighted by atomic mass is 10.3. The van der Waals surface area contributed by atoms with Gasteiger partial charge in [-0.05, 0) is 26.1 Å². The van der Waals surface area contributed by atoms with E-state index >= 15 is 0 Å². The lowest BCUT2D eigenvalue weighted by Gasteiger charge is -2.15. The minimum atomic E-state index is -0.397. The van der Waals surface area contributed by atoms with Crippen LogP contribution < -0.4 is 15.4 Å². The molecule has 108 valence electrons. The minimum absolute atomic E-state index is 0. The Bertz CT molecular complexity index is 391. The molecule has 1 unspecified atom stereocenters. The van der Waals surface area contributed by atoms with E-state index in [1.54, 1.807) is 32.2 Å². The fourth-order valence-electron chi connectivity index (χ4n) is 1.38. The average Bonchev–Trinajstić information content (AvgIpc) is 2.36. The van der Waals surface area contributed by atoms with Crippen LogP contribution in [0.1, 0.15) is 13.3 Å². The molecule has 19 heavy (non-hydrogen) atoms. The molecule has 0 aliphatic heterocycles. The summed E-state index contributed by atoms with van der Waals surface area (Å²) in [6.45, 7) is 2.77. The third-order valence-electron chi connectivity index (χ3n) is 2.35. The second-order valence-electron chi connectivity index (χ2n) is 4.02. The molecule has 6 heteroatoms. The van der Waals surface area contributed by atoms with Gasteiger partial charge in [0.1, 0.15) is 6.10 Å². The Morgan fingerprint density at radius 3 is 2.74 bits per heavy atom. The second kappa shape index (κ2) is 9.58. The molecule has 0 fully saturated rings. The van der Waals surface area contributed by atoms with Gasteiger partial charge in [0.15, 0.2) is 11.6 Å². The van der Waals surface area contributed by atoms with Crippen LogP contribution in [-0.4, -0.2) is 32.1 Å². The van der Waals surface area contributed by atoms with Crippen LogP contribution in [0.4, 0.5) is 4.39 Å². The van der Waals surface area contributed by atoms with Crippen molar-refractivity contribution < 1.29 is 13.9 Å². The molecule has 2 N–H and O–H groups in total. The van der Waals surface area contributed by atoms with Crippen LogP contribution in [0.15, 0.2) is 24.3 Å². The van der Waals surface area contributed by atoms with Crippen molar-refractivity contribution in [1.82, 2.24) is 10.6 Å². The van der Waals surface area contributed by atoms with Gasteiger partial charge >= 0.3 is 0 Å². The summed E-state index contributed by atoms with van der Waals surface area (Å²) in [5.41, 5.74) is 0. The average molecular weight is 291 g/mol. The predicted octanol–water partition coefficient (Wildman–Crippen LogP) is 1.74. The first kappa shape index (κ1) is 17.7. The molecule has 0 aliphatic carbocycles. The summed E-state index contributed by atoms with van der Waals surface area (Å²) in [7, 11) is 1.79. The molecule has 1 rings (SSSR count). The molecule has 0 aliphatic rings. The normalized spacial score (nSPS) is 11.3. The van der Waals surface area contributed by atoms with Crippen LogP contribution in [-0.2, 0) is 4.79 Å². The molecule has 0 heterocycles. The number of halogens is 2. The zero-order valence-corrected chi connectivity index (χ0v) is 11.9. The maximum atomic E-state index is 13.3. The Morgan fingerprint density at radius 2 is 2.11 bits per heavy atom. The molecule has 1 aromatic rings. The van der Waals surface area contributed by atoms with Gasteiger partial charge in [-0.15, -0.1) is 12.4 Å². The standard InChI is InChI=1S/C13H19FN2O2.ClH/c1-10(9-16-13(17)7-8-15-2)18-12-6-4-3-5-11(12)14;/h3-6,10,15H,7-9H2,1-2H3,(H,16,17);1H. The molecule has 4 nitrogen and oxygen atoms in total. The van der Waals surface area contributed by atoms with Crippen LogP contribution in [0.25, 0.3) is 0 Å². The zero-order valence-electron chi connectivity index (χ0n) is 11.1. The highest BCUT2D eigenvalue weighted by Gasteiger charge is 2.09. The maximum Gasteiger partial charge on any atom is 0.221 e. The van der Waals surface area contributed by atoms with Gasteiger partial charge in [-0.25, -0.2) is 4.39 Å². The maximum absolute atomic E-state index is 13.3. The van der Waals surface area contributed by atoms with Crippen molar-refractivity contribution in [2.75, 3.05) is 20.1 Å². The number of hydrogen-bond donors (Lipinski definition) is 2. The van der Waals surface area contributed by atoms with Crippen molar-refractivity contribution in [2.24, 2.45) is 0 Å². The summed E-state index contributed by atoms with van der Waals surface area (Å²) in [6, 6.07) is 6.21. The van der Waals surface area contributed by atoms with Crippen molar-refractivity contribution >= 4 is 18.3 Å². The van der Waals surface area contributed by atoms with Gasteiger partial charge in [0.25, 0.3) is 0 Å². The molecule has 1 amide bonds. The van der Waals surface area contributed by atoms with Crippen molar-refractivity contribution in [3.8, 4) is 5.75 Å². The third kappa shape index (κ3) is 6.98. The molecular weight excluding hydrogens is 271 g/mol. The Hall–Kier alpha value is -1.33. The molecule has 0 aromatic heterocycles. The third-order valence-corrected chi connectivity index (χ3v) is 2.35. The highest BCUT2D eigenvalue weighted by molar-refractivity contribution is 5.85. The van der Waals surface area contributed by atoms with Crippen molar-refractivity contribution in [2.45, 2.75) is 19.4 Å². The molecule has 0 radical (unpaired) electrons. The van der Waals surface area contributed by atoms with E-state index in [1.807, 2.05) is 0 Å². The molecule has 1 aromatic carbocycles. The highest BCUT2D eigenvalue weighted by Crippen LogP contribution is 2.16. The summed E-state index contributed by atoms with van der Waals surface area (Å²) in [5, 5.41) is 5.62. The van der Waals surface area contributed by atoms with E-state index in [-0.39, 0.29) is 30.2 Å². The van der Waals surface area contributed by atoms with Gasteiger partial charge < -0.3 is 15.4 Å². The van der Waals surface area contributed by atoms with Gasteiger partial charge in [0, 0.05) is 13.0 Å². The van der Waals surface area contributed by atoms with E-state index < -0.39 is 5.82 Å². The number of para-hydroxylation sites is 1. The van der Waals surface area contributed by atoms with E-state index in [0.29, 0.717) is 19.5 Å². The number of hydrogen-bond acceptors (Lipinski definition) is 3. The lowest BCUT2D eigenvalue weighted by Crippen LogP contribution is -2.34. The Kier molecular flexibility index (Phi) is 8.91. The molecule has 0 bridgehead atoms. The summed E-state index contributed by atoms with van der Waals surface area (Å²) < 4.78 is 18.7. The van der Waals surface area contributed by atoms with Crippen molar-refractivity contribution in [3.63, 3.8) is 0 Å². The Balaban J connectivity index is 0.00000324. The number of amides is 1. The molecule has 0 saturated carbocycles. The van der Waals surface area contributed by atoms with Gasteiger partial charge in [0.05, 0.1) is 6.54 Å². The summed E-state index contributed by atoms with van der Waals surface area (Å²) in [4.78, 5) is 11.3. The summed E-state index contributed by atoms with van der Waals surface area (Å²) in [5.74, 6) is -0.242. The van der Waals surface area contributed by atoms with Crippen LogP contribution in [0.5, 0.6) is 5.75 Å². The Labute approximate surface area is 119 Å². The number of nitrogens with one attached hydrogen (secondary N) is 2.